The Kier molecular flexibility index (Phi) is 2.72. The van der Waals surface area contributed by atoms with Gasteiger partial charge in [-0.15, -0.1) is 0 Å². The molecule has 1 heteroatoms. The lowest BCUT2D eigenvalue weighted by molar-refractivity contribution is -0.120. The summed E-state index contributed by atoms with van der Waals surface area (Å²) < 4.78 is 0. The lowest BCUT2D eigenvalue weighted by Gasteiger charge is -2.16. The molecule has 78 valence electrons. The van der Waals surface area contributed by atoms with Gasteiger partial charge in [-0.3, -0.25) is 4.79 Å². The third-order valence-electron chi connectivity index (χ3n) is 3.25. The van der Waals surface area contributed by atoms with Crippen molar-refractivity contribution in [1.82, 2.24) is 0 Å². The molecule has 1 fully saturated rings. The maximum absolute atomic E-state index is 11.5. The first-order valence-corrected chi connectivity index (χ1v) is 5.40. The molecule has 1 aromatic carbocycles. The summed E-state index contributed by atoms with van der Waals surface area (Å²) in [4.78, 5) is 11.5. The third kappa shape index (κ3) is 2.01. The predicted octanol–water partition coefficient (Wildman–Crippen LogP) is 3.33. The Morgan fingerprint density at radius 3 is 2.53 bits per heavy atom. The number of hydrogen-bond acceptors (Lipinski definition) is 1. The van der Waals surface area contributed by atoms with Crippen LogP contribution in [0.4, 0.5) is 0 Å². The van der Waals surface area contributed by atoms with E-state index >= 15 is 0 Å². The number of carbonyl (C=O) groups is 1. The fourth-order valence-corrected chi connectivity index (χ4v) is 2.47. The Hall–Kier alpha value is -1.37. The number of Topliss-reactive ketones (excluding diaryl/α,β-unsaturated/α-hetero) is 1. The zero-order valence-electron chi connectivity index (χ0n) is 9.07. The molecule has 0 amide bonds. The lowest BCUT2D eigenvalue weighted by atomic mass is 9.87. The number of benzene rings is 1. The number of ketones is 1. The molecule has 0 unspecified atom stereocenters. The van der Waals surface area contributed by atoms with Gasteiger partial charge in [-0.05, 0) is 31.2 Å². The van der Waals surface area contributed by atoms with Crippen LogP contribution < -0.4 is 0 Å². The van der Waals surface area contributed by atoms with Gasteiger partial charge in [0.2, 0.25) is 0 Å². The van der Waals surface area contributed by atoms with Crippen LogP contribution in [0, 0.1) is 5.92 Å². The summed E-state index contributed by atoms with van der Waals surface area (Å²) in [6.45, 7) is 5.70. The fraction of sp³-hybridized carbons (Fsp3) is 0.357. The van der Waals surface area contributed by atoms with E-state index < -0.39 is 0 Å². The molecule has 2 atom stereocenters. The molecule has 1 aliphatic rings. The Labute approximate surface area is 90.8 Å². The van der Waals surface area contributed by atoms with E-state index in [-0.39, 0.29) is 5.92 Å². The normalized spacial score (nSPS) is 25.5. The molecular formula is C14H16O. The minimum Gasteiger partial charge on any atom is -0.300 e. The number of carbonyl (C=O) groups excluding carboxylic acids is 1. The summed E-state index contributed by atoms with van der Waals surface area (Å²) in [6.07, 6.45) is 1.84. The van der Waals surface area contributed by atoms with Crippen molar-refractivity contribution in [3.63, 3.8) is 0 Å². The summed E-state index contributed by atoms with van der Waals surface area (Å²) in [5.74, 6) is 0.804. The molecule has 0 aromatic heterocycles. The van der Waals surface area contributed by atoms with Gasteiger partial charge in [-0.2, -0.15) is 0 Å². The minimum absolute atomic E-state index is 0.153. The van der Waals surface area contributed by atoms with Gasteiger partial charge in [-0.1, -0.05) is 42.5 Å². The molecule has 1 saturated carbocycles. The van der Waals surface area contributed by atoms with Crippen LogP contribution in [-0.4, -0.2) is 5.78 Å². The van der Waals surface area contributed by atoms with Crippen molar-refractivity contribution in [2.45, 2.75) is 25.7 Å². The Balaban J connectivity index is 2.28. The Morgan fingerprint density at radius 1 is 1.27 bits per heavy atom. The highest BCUT2D eigenvalue weighted by molar-refractivity contribution is 5.80. The largest absolute Gasteiger partial charge is 0.300 e. The van der Waals surface area contributed by atoms with Crippen LogP contribution in [0.25, 0.3) is 0 Å². The number of rotatable bonds is 2. The lowest BCUT2D eigenvalue weighted by Crippen LogP contribution is -2.14. The molecule has 0 N–H and O–H groups in total. The van der Waals surface area contributed by atoms with E-state index in [1.165, 1.54) is 11.1 Å². The summed E-state index contributed by atoms with van der Waals surface area (Å²) >= 11 is 0. The summed E-state index contributed by atoms with van der Waals surface area (Å²) in [7, 11) is 0. The zero-order chi connectivity index (χ0) is 10.8. The molecule has 0 spiro atoms. The van der Waals surface area contributed by atoms with Crippen LogP contribution in [0.1, 0.15) is 31.2 Å². The number of allylic oxidation sites excluding steroid dienone is 1. The molecule has 0 bridgehead atoms. The van der Waals surface area contributed by atoms with Crippen LogP contribution in [0.15, 0.2) is 42.5 Å². The van der Waals surface area contributed by atoms with Gasteiger partial charge in [0.25, 0.3) is 0 Å². The van der Waals surface area contributed by atoms with E-state index in [1.54, 1.807) is 6.92 Å². The first-order chi connectivity index (χ1) is 7.18. The first kappa shape index (κ1) is 10.2. The van der Waals surface area contributed by atoms with Crippen molar-refractivity contribution in [2.24, 2.45) is 5.92 Å². The molecule has 15 heavy (non-hydrogen) atoms. The van der Waals surface area contributed by atoms with Crippen molar-refractivity contribution in [3.05, 3.63) is 48.0 Å². The van der Waals surface area contributed by atoms with E-state index in [9.17, 15) is 4.79 Å². The summed E-state index contributed by atoms with van der Waals surface area (Å²) in [5, 5.41) is 0. The smallest absolute Gasteiger partial charge is 0.133 e. The highest BCUT2D eigenvalue weighted by Gasteiger charge is 2.33. The predicted molar refractivity (Wildman–Crippen MR) is 61.7 cm³/mol. The van der Waals surface area contributed by atoms with Crippen molar-refractivity contribution in [3.8, 4) is 0 Å². The SMILES string of the molecule is C=C1C[C@H](C(C)=O)[C@@H](c2ccccc2)C1. The quantitative estimate of drug-likeness (QED) is 0.669. The van der Waals surface area contributed by atoms with Gasteiger partial charge in [-0.25, -0.2) is 0 Å². The monoisotopic (exact) mass is 200 g/mol. The summed E-state index contributed by atoms with van der Waals surface area (Å²) in [5.41, 5.74) is 2.49. The molecule has 0 aliphatic heterocycles. The van der Waals surface area contributed by atoms with Gasteiger partial charge >= 0.3 is 0 Å². The second-order valence-electron chi connectivity index (χ2n) is 4.39. The van der Waals surface area contributed by atoms with Crippen LogP contribution in [0.2, 0.25) is 0 Å². The average molecular weight is 200 g/mol. The minimum atomic E-state index is 0.153. The maximum Gasteiger partial charge on any atom is 0.133 e. The molecule has 1 nitrogen and oxygen atoms in total. The van der Waals surface area contributed by atoms with Crippen LogP contribution >= 0.6 is 0 Å². The summed E-state index contributed by atoms with van der Waals surface area (Å²) in [6, 6.07) is 10.3. The average Bonchev–Trinajstić information content (AvgIpc) is 2.62. The van der Waals surface area contributed by atoms with Gasteiger partial charge in [0.05, 0.1) is 0 Å². The van der Waals surface area contributed by atoms with Gasteiger partial charge in [0, 0.05) is 5.92 Å². The van der Waals surface area contributed by atoms with E-state index in [4.69, 9.17) is 0 Å². The molecule has 1 aromatic rings. The maximum atomic E-state index is 11.5. The van der Waals surface area contributed by atoms with Crippen molar-refractivity contribution in [2.75, 3.05) is 0 Å². The standard InChI is InChI=1S/C14H16O/c1-10-8-13(11(2)15)14(9-10)12-6-4-3-5-7-12/h3-7,13-14H,1,8-9H2,2H3/t13-,14-/m1/s1. The van der Waals surface area contributed by atoms with E-state index in [1.807, 2.05) is 18.2 Å². The van der Waals surface area contributed by atoms with Crippen molar-refractivity contribution in [1.29, 1.82) is 0 Å². The van der Waals surface area contributed by atoms with Crippen LogP contribution in [-0.2, 0) is 4.79 Å². The third-order valence-corrected chi connectivity index (χ3v) is 3.25. The molecule has 0 saturated heterocycles. The highest BCUT2D eigenvalue weighted by Crippen LogP contribution is 2.42. The van der Waals surface area contributed by atoms with Gasteiger partial charge < -0.3 is 0 Å². The van der Waals surface area contributed by atoms with E-state index in [2.05, 4.69) is 18.7 Å². The van der Waals surface area contributed by atoms with E-state index in [0.717, 1.165) is 12.8 Å². The van der Waals surface area contributed by atoms with Crippen LogP contribution in [0.5, 0.6) is 0 Å². The van der Waals surface area contributed by atoms with Crippen molar-refractivity contribution >= 4 is 5.78 Å². The van der Waals surface area contributed by atoms with Gasteiger partial charge in [0.15, 0.2) is 0 Å². The Bertz CT molecular complexity index is 378. The first-order valence-electron chi connectivity index (χ1n) is 5.40. The van der Waals surface area contributed by atoms with Crippen molar-refractivity contribution < 1.29 is 4.79 Å². The molecule has 0 radical (unpaired) electrons. The highest BCUT2D eigenvalue weighted by atomic mass is 16.1. The zero-order valence-corrected chi connectivity index (χ0v) is 9.07. The fourth-order valence-electron chi connectivity index (χ4n) is 2.47. The molecule has 0 heterocycles. The molecular weight excluding hydrogens is 184 g/mol. The second kappa shape index (κ2) is 4.01. The molecule has 2 rings (SSSR count). The second-order valence-corrected chi connectivity index (χ2v) is 4.39. The number of hydrogen-bond donors (Lipinski definition) is 0. The van der Waals surface area contributed by atoms with Gasteiger partial charge in [0.1, 0.15) is 5.78 Å². The molecule has 1 aliphatic carbocycles. The topological polar surface area (TPSA) is 17.1 Å². The van der Waals surface area contributed by atoms with E-state index in [0.29, 0.717) is 11.7 Å². The van der Waals surface area contributed by atoms with Crippen LogP contribution in [0.3, 0.4) is 0 Å². The Morgan fingerprint density at radius 2 is 1.93 bits per heavy atom.